The van der Waals surface area contributed by atoms with Crippen molar-refractivity contribution in [1.29, 1.82) is 0 Å². The monoisotopic (exact) mass is 372 g/mol. The first kappa shape index (κ1) is 20.4. The second-order valence-electron chi connectivity index (χ2n) is 6.32. The number of hydrogen-bond acceptors (Lipinski definition) is 3. The van der Waals surface area contributed by atoms with Crippen LogP contribution in [0.3, 0.4) is 0 Å². The number of benzene rings is 2. The highest BCUT2D eigenvalue weighted by Gasteiger charge is 2.17. The summed E-state index contributed by atoms with van der Waals surface area (Å²) in [6.07, 6.45) is 0.320. The summed E-state index contributed by atoms with van der Waals surface area (Å²) in [5.41, 5.74) is 1.79. The van der Waals surface area contributed by atoms with Gasteiger partial charge in [0.1, 0.15) is 12.4 Å². The van der Waals surface area contributed by atoms with Gasteiger partial charge < -0.3 is 15.0 Å². The first-order chi connectivity index (χ1) is 13.0. The first-order valence-electron chi connectivity index (χ1n) is 8.93. The van der Waals surface area contributed by atoms with Crippen LogP contribution in [0.5, 0.6) is 0 Å². The first-order valence-corrected chi connectivity index (χ1v) is 8.93. The third kappa shape index (κ3) is 6.73. The maximum Gasteiger partial charge on any atom is 0.407 e. The fourth-order valence-corrected chi connectivity index (χ4v) is 2.56. The summed E-state index contributed by atoms with van der Waals surface area (Å²) < 4.78 is 18.1. The second kappa shape index (κ2) is 10.3. The van der Waals surface area contributed by atoms with Gasteiger partial charge in [-0.05, 0) is 36.6 Å². The van der Waals surface area contributed by atoms with Crippen molar-refractivity contribution < 1.29 is 18.7 Å². The van der Waals surface area contributed by atoms with Crippen LogP contribution in [0.2, 0.25) is 0 Å². The largest absolute Gasteiger partial charge is 0.445 e. The van der Waals surface area contributed by atoms with E-state index in [1.807, 2.05) is 37.3 Å². The number of halogens is 1. The predicted molar refractivity (Wildman–Crippen MR) is 101 cm³/mol. The Bertz CT molecular complexity index is 735. The summed E-state index contributed by atoms with van der Waals surface area (Å²) in [5.74, 6) is -0.337. The number of alkyl carbamates (subject to hydrolysis) is 1. The number of carbonyl (C=O) groups excluding carboxylic acids is 2. The van der Waals surface area contributed by atoms with Crippen molar-refractivity contribution in [3.8, 4) is 0 Å². The van der Waals surface area contributed by atoms with Crippen molar-refractivity contribution in [1.82, 2.24) is 10.2 Å². The van der Waals surface area contributed by atoms with Crippen LogP contribution in [-0.2, 0) is 16.1 Å². The summed E-state index contributed by atoms with van der Waals surface area (Å²) >= 11 is 0. The molecule has 27 heavy (non-hydrogen) atoms. The van der Waals surface area contributed by atoms with E-state index in [2.05, 4.69) is 5.32 Å². The fourth-order valence-electron chi connectivity index (χ4n) is 2.56. The van der Waals surface area contributed by atoms with Gasteiger partial charge in [0, 0.05) is 20.0 Å². The maximum absolute atomic E-state index is 13.0. The van der Waals surface area contributed by atoms with E-state index >= 15 is 0 Å². The molecule has 0 fully saturated rings. The van der Waals surface area contributed by atoms with E-state index in [9.17, 15) is 14.0 Å². The summed E-state index contributed by atoms with van der Waals surface area (Å²) in [5, 5.41) is 2.64. The molecule has 2 aromatic carbocycles. The lowest BCUT2D eigenvalue weighted by molar-refractivity contribution is -0.131. The molecule has 1 N–H and O–H groups in total. The number of nitrogens with zero attached hydrogens (tertiary/aromatic N) is 1. The molecule has 1 unspecified atom stereocenters. The molecule has 0 heterocycles. The van der Waals surface area contributed by atoms with Crippen LogP contribution in [0.25, 0.3) is 0 Å². The molecule has 0 aliphatic carbocycles. The number of hydrogen-bond donors (Lipinski definition) is 1. The van der Waals surface area contributed by atoms with Crippen molar-refractivity contribution in [2.75, 3.05) is 13.6 Å². The minimum atomic E-state index is -0.501. The van der Waals surface area contributed by atoms with E-state index in [4.69, 9.17) is 4.74 Å². The van der Waals surface area contributed by atoms with Gasteiger partial charge in [0.05, 0.1) is 6.04 Å². The SMILES string of the molecule is CC(c1ccc(F)cc1)N(C)C(=O)CCCNC(=O)OCc1ccccc1. The summed E-state index contributed by atoms with van der Waals surface area (Å²) in [6.45, 7) is 2.46. The van der Waals surface area contributed by atoms with E-state index in [1.165, 1.54) is 12.1 Å². The summed E-state index contributed by atoms with van der Waals surface area (Å²) in [6, 6.07) is 15.4. The number of nitrogens with one attached hydrogen (secondary N) is 1. The third-order valence-corrected chi connectivity index (χ3v) is 4.38. The maximum atomic E-state index is 13.0. The molecule has 0 aliphatic heterocycles. The van der Waals surface area contributed by atoms with E-state index in [0.717, 1.165) is 11.1 Å². The summed E-state index contributed by atoms with van der Waals surface area (Å²) in [7, 11) is 1.72. The molecule has 5 nitrogen and oxygen atoms in total. The number of rotatable bonds is 8. The minimum Gasteiger partial charge on any atom is -0.445 e. The van der Waals surface area contributed by atoms with Gasteiger partial charge in [-0.1, -0.05) is 42.5 Å². The van der Waals surface area contributed by atoms with E-state index in [1.54, 1.807) is 24.1 Å². The van der Waals surface area contributed by atoms with E-state index in [0.29, 0.717) is 19.4 Å². The highest BCUT2D eigenvalue weighted by atomic mass is 19.1. The lowest BCUT2D eigenvalue weighted by Crippen LogP contribution is -2.31. The normalized spacial score (nSPS) is 11.5. The van der Waals surface area contributed by atoms with E-state index in [-0.39, 0.29) is 24.4 Å². The smallest absolute Gasteiger partial charge is 0.407 e. The Labute approximate surface area is 159 Å². The average Bonchev–Trinajstić information content (AvgIpc) is 2.69. The second-order valence-corrected chi connectivity index (χ2v) is 6.32. The Hall–Kier alpha value is -2.89. The van der Waals surface area contributed by atoms with Crippen LogP contribution in [0, 0.1) is 5.82 Å². The topological polar surface area (TPSA) is 58.6 Å². The Balaban J connectivity index is 1.66. The van der Waals surface area contributed by atoms with Gasteiger partial charge in [-0.2, -0.15) is 0 Å². The molecule has 0 saturated carbocycles. The molecule has 0 radical (unpaired) electrons. The molecule has 144 valence electrons. The molecule has 1 atom stereocenters. The van der Waals surface area contributed by atoms with Gasteiger partial charge in [-0.3, -0.25) is 4.79 Å². The van der Waals surface area contributed by atoms with Crippen molar-refractivity contribution in [3.05, 3.63) is 71.5 Å². The molecular weight excluding hydrogens is 347 g/mol. The third-order valence-electron chi connectivity index (χ3n) is 4.38. The van der Waals surface area contributed by atoms with Crippen LogP contribution in [-0.4, -0.2) is 30.5 Å². The van der Waals surface area contributed by atoms with Crippen molar-refractivity contribution in [3.63, 3.8) is 0 Å². The predicted octanol–water partition coefficient (Wildman–Crippen LogP) is 4.05. The lowest BCUT2D eigenvalue weighted by Gasteiger charge is -2.25. The quantitative estimate of drug-likeness (QED) is 0.711. The molecule has 0 spiro atoms. The van der Waals surface area contributed by atoms with Crippen LogP contribution in [0.1, 0.15) is 36.9 Å². The Morgan fingerprint density at radius 1 is 1.11 bits per heavy atom. The molecule has 0 aromatic heterocycles. The number of carbonyl (C=O) groups is 2. The zero-order valence-corrected chi connectivity index (χ0v) is 15.7. The molecule has 0 saturated heterocycles. The Kier molecular flexibility index (Phi) is 7.79. The van der Waals surface area contributed by atoms with Gasteiger partial charge in [-0.15, -0.1) is 0 Å². The molecule has 2 rings (SSSR count). The fraction of sp³-hybridized carbons (Fsp3) is 0.333. The molecule has 2 amide bonds. The van der Waals surface area contributed by atoms with Crippen LogP contribution in [0.15, 0.2) is 54.6 Å². The molecule has 2 aromatic rings. The van der Waals surface area contributed by atoms with Crippen LogP contribution in [0.4, 0.5) is 9.18 Å². The highest BCUT2D eigenvalue weighted by molar-refractivity contribution is 5.76. The Morgan fingerprint density at radius 2 is 1.78 bits per heavy atom. The van der Waals surface area contributed by atoms with Crippen molar-refractivity contribution in [2.45, 2.75) is 32.4 Å². The summed E-state index contributed by atoms with van der Waals surface area (Å²) in [4.78, 5) is 25.6. The number of ether oxygens (including phenoxy) is 1. The van der Waals surface area contributed by atoms with Gasteiger partial charge in [0.15, 0.2) is 0 Å². The van der Waals surface area contributed by atoms with Gasteiger partial charge in [0.25, 0.3) is 0 Å². The average molecular weight is 372 g/mol. The van der Waals surface area contributed by atoms with Crippen molar-refractivity contribution in [2.24, 2.45) is 0 Å². The molecular formula is C21H25FN2O3. The minimum absolute atomic E-state index is 0.0359. The zero-order chi connectivity index (χ0) is 19.6. The lowest BCUT2D eigenvalue weighted by atomic mass is 10.1. The Morgan fingerprint density at radius 3 is 2.44 bits per heavy atom. The van der Waals surface area contributed by atoms with Crippen LogP contribution < -0.4 is 5.32 Å². The van der Waals surface area contributed by atoms with Gasteiger partial charge >= 0.3 is 6.09 Å². The molecule has 0 aliphatic rings. The standard InChI is InChI=1S/C21H25FN2O3/c1-16(18-10-12-19(22)13-11-18)24(2)20(25)9-6-14-23-21(26)27-15-17-7-4-3-5-8-17/h3-5,7-8,10-13,16H,6,9,14-15H2,1-2H3,(H,23,26). The van der Waals surface area contributed by atoms with Gasteiger partial charge in [0.2, 0.25) is 5.91 Å². The van der Waals surface area contributed by atoms with Gasteiger partial charge in [-0.25, -0.2) is 9.18 Å². The van der Waals surface area contributed by atoms with Crippen molar-refractivity contribution >= 4 is 12.0 Å². The number of amides is 2. The van der Waals surface area contributed by atoms with E-state index < -0.39 is 6.09 Å². The molecule has 6 heteroatoms. The molecule has 0 bridgehead atoms. The zero-order valence-electron chi connectivity index (χ0n) is 15.7. The highest BCUT2D eigenvalue weighted by Crippen LogP contribution is 2.19. The van der Waals surface area contributed by atoms with Crippen LogP contribution >= 0.6 is 0 Å².